The lowest BCUT2D eigenvalue weighted by molar-refractivity contribution is -0.116. The fraction of sp³-hybridized carbons (Fsp3) is 0.833. The molecule has 0 aromatic heterocycles. The molecule has 9 heavy (non-hydrogen) atoms. The van der Waals surface area contributed by atoms with Gasteiger partial charge in [-0.15, -0.1) is 0 Å². The average Bonchev–Trinajstić information content (AvgIpc) is 1.82. The lowest BCUT2D eigenvalue weighted by Crippen LogP contribution is -2.07. The van der Waals surface area contributed by atoms with Gasteiger partial charge in [-0.2, -0.15) is 0 Å². The van der Waals surface area contributed by atoms with Crippen molar-refractivity contribution in [2.24, 2.45) is 0 Å². The molecular weight excluding hydrogens is 143 g/mol. The van der Waals surface area contributed by atoms with E-state index in [2.05, 4.69) is 0 Å². The average molecular weight is 153 g/mol. The van der Waals surface area contributed by atoms with E-state index in [-0.39, 0.29) is 6.42 Å². The van der Waals surface area contributed by atoms with Crippen molar-refractivity contribution < 1.29 is 9.18 Å². The van der Waals surface area contributed by atoms with Crippen LogP contribution in [0, 0.1) is 0 Å². The SMILES string of the molecule is CCCC[C@H](F)C(=O)Cl. The summed E-state index contributed by atoms with van der Waals surface area (Å²) in [4.78, 5) is 10.0. The smallest absolute Gasteiger partial charge is 0.255 e. The molecule has 0 aromatic carbocycles. The molecule has 0 aliphatic rings. The Morgan fingerprint density at radius 1 is 1.78 bits per heavy atom. The Labute approximate surface area is 59.2 Å². The zero-order valence-corrected chi connectivity index (χ0v) is 6.12. The molecule has 0 aliphatic carbocycles. The summed E-state index contributed by atoms with van der Waals surface area (Å²) in [5.41, 5.74) is 0. The van der Waals surface area contributed by atoms with Crippen LogP contribution in [0.4, 0.5) is 4.39 Å². The Morgan fingerprint density at radius 2 is 2.33 bits per heavy atom. The fourth-order valence-electron chi connectivity index (χ4n) is 0.497. The molecule has 0 saturated carbocycles. The van der Waals surface area contributed by atoms with E-state index in [1.54, 1.807) is 0 Å². The highest BCUT2D eigenvalue weighted by atomic mass is 35.5. The second kappa shape index (κ2) is 4.74. The molecule has 0 N–H and O–H groups in total. The Hall–Kier alpha value is -0.110. The van der Waals surface area contributed by atoms with Crippen molar-refractivity contribution >= 4 is 16.8 Å². The molecule has 0 bridgehead atoms. The molecule has 0 amide bonds. The van der Waals surface area contributed by atoms with E-state index in [1.165, 1.54) is 0 Å². The Kier molecular flexibility index (Phi) is 4.68. The molecule has 0 rings (SSSR count). The number of alkyl halides is 1. The molecule has 0 radical (unpaired) electrons. The van der Waals surface area contributed by atoms with Crippen LogP contribution in [0.2, 0.25) is 0 Å². The first kappa shape index (κ1) is 8.89. The van der Waals surface area contributed by atoms with Gasteiger partial charge in [-0.25, -0.2) is 4.39 Å². The number of halogens is 2. The van der Waals surface area contributed by atoms with Gasteiger partial charge in [0.15, 0.2) is 6.17 Å². The zero-order chi connectivity index (χ0) is 7.28. The highest BCUT2D eigenvalue weighted by molar-refractivity contribution is 6.64. The minimum Gasteiger partial charge on any atom is -0.278 e. The van der Waals surface area contributed by atoms with Crippen molar-refractivity contribution in [2.75, 3.05) is 0 Å². The van der Waals surface area contributed by atoms with Crippen LogP contribution in [0.1, 0.15) is 26.2 Å². The highest BCUT2D eigenvalue weighted by Crippen LogP contribution is 2.06. The van der Waals surface area contributed by atoms with Crippen LogP contribution in [0.5, 0.6) is 0 Å². The molecule has 54 valence electrons. The third kappa shape index (κ3) is 4.40. The van der Waals surface area contributed by atoms with Crippen molar-refractivity contribution in [1.82, 2.24) is 0 Å². The summed E-state index contributed by atoms with van der Waals surface area (Å²) in [6.07, 6.45) is 0.426. The maximum atomic E-state index is 12.2. The third-order valence-corrected chi connectivity index (χ3v) is 1.29. The molecule has 0 spiro atoms. The van der Waals surface area contributed by atoms with Gasteiger partial charge in [-0.3, -0.25) is 4.79 Å². The minimum atomic E-state index is -1.45. The van der Waals surface area contributed by atoms with Crippen LogP contribution >= 0.6 is 11.6 Å². The second-order valence-electron chi connectivity index (χ2n) is 1.91. The summed E-state index contributed by atoms with van der Waals surface area (Å²) < 4.78 is 12.2. The molecule has 0 saturated heterocycles. The lowest BCUT2D eigenvalue weighted by atomic mass is 10.2. The van der Waals surface area contributed by atoms with Gasteiger partial charge in [-0.05, 0) is 18.0 Å². The number of hydrogen-bond donors (Lipinski definition) is 0. The van der Waals surface area contributed by atoms with Gasteiger partial charge in [0.25, 0.3) is 5.24 Å². The van der Waals surface area contributed by atoms with Gasteiger partial charge >= 0.3 is 0 Å². The van der Waals surface area contributed by atoms with E-state index >= 15 is 0 Å². The summed E-state index contributed by atoms with van der Waals surface area (Å²) in [5, 5.41) is -0.872. The Morgan fingerprint density at radius 3 is 2.67 bits per heavy atom. The van der Waals surface area contributed by atoms with Crippen LogP contribution in [0.3, 0.4) is 0 Å². The summed E-state index contributed by atoms with van der Waals surface area (Å²) in [5.74, 6) is 0. The van der Waals surface area contributed by atoms with Gasteiger partial charge < -0.3 is 0 Å². The normalized spacial score (nSPS) is 13.2. The maximum Gasteiger partial charge on any atom is 0.255 e. The molecule has 0 aromatic rings. The van der Waals surface area contributed by atoms with Crippen LogP contribution in [0.15, 0.2) is 0 Å². The van der Waals surface area contributed by atoms with Crippen LogP contribution in [-0.4, -0.2) is 11.4 Å². The predicted molar refractivity (Wildman–Crippen MR) is 35.3 cm³/mol. The van der Waals surface area contributed by atoms with Crippen molar-refractivity contribution in [1.29, 1.82) is 0 Å². The van der Waals surface area contributed by atoms with Gasteiger partial charge in [0.05, 0.1) is 0 Å². The molecular formula is C6H10ClFO. The van der Waals surface area contributed by atoms with Crippen LogP contribution in [-0.2, 0) is 4.79 Å². The summed E-state index contributed by atoms with van der Waals surface area (Å²) in [7, 11) is 0. The molecule has 1 nitrogen and oxygen atoms in total. The monoisotopic (exact) mass is 152 g/mol. The summed E-state index contributed by atoms with van der Waals surface area (Å²) in [6, 6.07) is 0. The summed E-state index contributed by atoms with van der Waals surface area (Å²) in [6.45, 7) is 1.94. The highest BCUT2D eigenvalue weighted by Gasteiger charge is 2.12. The van der Waals surface area contributed by atoms with E-state index < -0.39 is 11.4 Å². The van der Waals surface area contributed by atoms with Crippen molar-refractivity contribution in [3.05, 3.63) is 0 Å². The van der Waals surface area contributed by atoms with E-state index in [4.69, 9.17) is 11.6 Å². The van der Waals surface area contributed by atoms with E-state index in [0.29, 0.717) is 0 Å². The molecule has 1 atom stereocenters. The largest absolute Gasteiger partial charge is 0.278 e. The molecule has 0 heterocycles. The van der Waals surface area contributed by atoms with E-state index in [0.717, 1.165) is 12.8 Å². The molecule has 0 aliphatic heterocycles. The summed E-state index contributed by atoms with van der Waals surface area (Å²) >= 11 is 4.85. The second-order valence-corrected chi connectivity index (χ2v) is 2.29. The molecule has 3 heteroatoms. The first-order valence-corrected chi connectivity index (χ1v) is 3.39. The lowest BCUT2D eigenvalue weighted by Gasteiger charge is -1.98. The predicted octanol–water partition coefficient (Wildman–Crippen LogP) is 2.28. The van der Waals surface area contributed by atoms with Crippen molar-refractivity contribution in [3.63, 3.8) is 0 Å². The quantitative estimate of drug-likeness (QED) is 0.565. The number of carbonyl (C=O) groups excluding carboxylic acids is 1. The Balaban J connectivity index is 3.27. The van der Waals surface area contributed by atoms with E-state index in [9.17, 15) is 9.18 Å². The van der Waals surface area contributed by atoms with Crippen LogP contribution in [0.25, 0.3) is 0 Å². The van der Waals surface area contributed by atoms with Crippen molar-refractivity contribution in [2.45, 2.75) is 32.4 Å². The first-order valence-electron chi connectivity index (χ1n) is 3.02. The fourth-order valence-corrected chi connectivity index (χ4v) is 0.606. The topological polar surface area (TPSA) is 17.1 Å². The standard InChI is InChI=1S/C6H10ClFO/c1-2-3-4-5(8)6(7)9/h5H,2-4H2,1H3/t5-/m0/s1. The maximum absolute atomic E-state index is 12.2. The zero-order valence-electron chi connectivity index (χ0n) is 5.36. The molecule has 0 unspecified atom stereocenters. The number of unbranched alkanes of at least 4 members (excludes halogenated alkanes) is 1. The van der Waals surface area contributed by atoms with Gasteiger partial charge in [-0.1, -0.05) is 19.8 Å². The first-order chi connectivity index (χ1) is 4.18. The number of rotatable bonds is 4. The van der Waals surface area contributed by atoms with Gasteiger partial charge in [0.1, 0.15) is 0 Å². The third-order valence-electron chi connectivity index (χ3n) is 1.06. The minimum absolute atomic E-state index is 0.263. The number of hydrogen-bond acceptors (Lipinski definition) is 1. The molecule has 0 fully saturated rings. The van der Waals surface area contributed by atoms with E-state index in [1.807, 2.05) is 6.92 Å². The number of carbonyl (C=O) groups is 1. The van der Waals surface area contributed by atoms with Crippen LogP contribution < -0.4 is 0 Å². The van der Waals surface area contributed by atoms with Gasteiger partial charge in [0.2, 0.25) is 0 Å². The Bertz CT molecular complexity index is 95.1. The van der Waals surface area contributed by atoms with Gasteiger partial charge in [0, 0.05) is 0 Å². The van der Waals surface area contributed by atoms with Crippen molar-refractivity contribution in [3.8, 4) is 0 Å².